The molecule has 2 nitrogen and oxygen atoms in total. The molecule has 0 aliphatic heterocycles. The number of benzene rings is 2. The highest BCUT2D eigenvalue weighted by atomic mass is 79.9. The van der Waals surface area contributed by atoms with Gasteiger partial charge in [0.1, 0.15) is 17.6 Å². The predicted octanol–water partition coefficient (Wildman–Crippen LogP) is 4.27. The van der Waals surface area contributed by atoms with Gasteiger partial charge in [-0.1, -0.05) is 47.1 Å². The highest BCUT2D eigenvalue weighted by Crippen LogP contribution is 2.21. The first-order valence-electron chi connectivity index (χ1n) is 7.19. The molecular formula is C17H18BrN2S+. The number of quaternary nitrogens is 1. The number of para-hydroxylation sites is 1. The van der Waals surface area contributed by atoms with E-state index in [1.807, 2.05) is 6.07 Å². The summed E-state index contributed by atoms with van der Waals surface area (Å²) in [6, 6.07) is 17.5. The molecule has 4 heteroatoms. The third kappa shape index (κ3) is 3.51. The first-order valence-corrected chi connectivity index (χ1v) is 8.80. The number of nitrogens with zero attached hydrogens (tertiary/aromatic N) is 1. The van der Waals surface area contributed by atoms with Crippen molar-refractivity contribution in [2.75, 3.05) is 0 Å². The van der Waals surface area contributed by atoms with Crippen LogP contribution in [0.1, 0.15) is 30.0 Å². The molecule has 0 unspecified atom stereocenters. The molecule has 0 saturated heterocycles. The average Bonchev–Trinajstić information content (AvgIpc) is 2.92. The Morgan fingerprint density at radius 3 is 2.62 bits per heavy atom. The van der Waals surface area contributed by atoms with Gasteiger partial charge in [0.25, 0.3) is 0 Å². The van der Waals surface area contributed by atoms with Crippen LogP contribution >= 0.6 is 27.3 Å². The van der Waals surface area contributed by atoms with Gasteiger partial charge in [0.2, 0.25) is 0 Å². The van der Waals surface area contributed by atoms with Gasteiger partial charge in [-0.3, -0.25) is 0 Å². The van der Waals surface area contributed by atoms with E-state index >= 15 is 0 Å². The van der Waals surface area contributed by atoms with Gasteiger partial charge in [-0.25, -0.2) is 4.98 Å². The summed E-state index contributed by atoms with van der Waals surface area (Å²) in [5.41, 5.74) is 2.49. The molecular weight excluding hydrogens is 344 g/mol. The van der Waals surface area contributed by atoms with Crippen molar-refractivity contribution in [2.24, 2.45) is 0 Å². The number of fused-ring (bicyclic) bond motifs is 1. The van der Waals surface area contributed by atoms with Crippen molar-refractivity contribution >= 4 is 37.5 Å². The molecule has 0 aliphatic carbocycles. The molecule has 2 N–H and O–H groups in total. The number of rotatable bonds is 5. The molecule has 108 valence electrons. The standard InChI is InChI=1S/C17H17BrN2S/c1-2-14(12-7-9-13(18)10-8-12)19-11-17-20-15-5-3-4-6-16(15)21-17/h3-10,14,19H,2,11H2,1H3/p+1/t14-/m0/s1. The van der Waals surface area contributed by atoms with Crippen LogP contribution in [0.5, 0.6) is 0 Å². The molecule has 0 radical (unpaired) electrons. The van der Waals surface area contributed by atoms with Crippen molar-refractivity contribution in [3.05, 3.63) is 63.6 Å². The van der Waals surface area contributed by atoms with Crippen molar-refractivity contribution in [3.8, 4) is 0 Å². The molecule has 0 amide bonds. The van der Waals surface area contributed by atoms with Gasteiger partial charge < -0.3 is 5.32 Å². The van der Waals surface area contributed by atoms with E-state index in [0.29, 0.717) is 6.04 Å². The van der Waals surface area contributed by atoms with Crippen LogP contribution in [0.3, 0.4) is 0 Å². The summed E-state index contributed by atoms with van der Waals surface area (Å²) in [4.78, 5) is 4.71. The number of nitrogens with two attached hydrogens (primary N) is 1. The van der Waals surface area contributed by atoms with Crippen LogP contribution in [-0.4, -0.2) is 4.98 Å². The Balaban J connectivity index is 1.71. The second-order valence-electron chi connectivity index (χ2n) is 5.08. The highest BCUT2D eigenvalue weighted by molar-refractivity contribution is 9.10. The second-order valence-corrected chi connectivity index (χ2v) is 7.11. The quantitative estimate of drug-likeness (QED) is 0.722. The van der Waals surface area contributed by atoms with E-state index in [0.717, 1.165) is 23.0 Å². The number of thiazole rings is 1. The Kier molecular flexibility index (Phi) is 4.68. The predicted molar refractivity (Wildman–Crippen MR) is 92.4 cm³/mol. The van der Waals surface area contributed by atoms with Gasteiger partial charge >= 0.3 is 0 Å². The zero-order valence-corrected chi connectivity index (χ0v) is 14.3. The summed E-state index contributed by atoms with van der Waals surface area (Å²) in [5, 5.41) is 3.59. The van der Waals surface area contributed by atoms with Gasteiger partial charge in [-0.2, -0.15) is 0 Å². The zero-order valence-electron chi connectivity index (χ0n) is 11.9. The van der Waals surface area contributed by atoms with Crippen LogP contribution in [0.2, 0.25) is 0 Å². The molecule has 3 aromatic rings. The van der Waals surface area contributed by atoms with E-state index < -0.39 is 0 Å². The fraction of sp³-hybridized carbons (Fsp3) is 0.235. The molecule has 1 aromatic heterocycles. The molecule has 1 atom stereocenters. The molecule has 0 bridgehead atoms. The lowest BCUT2D eigenvalue weighted by atomic mass is 10.1. The molecule has 0 spiro atoms. The lowest BCUT2D eigenvalue weighted by Gasteiger charge is -2.13. The van der Waals surface area contributed by atoms with Crippen LogP contribution in [0.25, 0.3) is 10.2 Å². The van der Waals surface area contributed by atoms with Crippen molar-refractivity contribution in [1.82, 2.24) is 4.98 Å². The summed E-state index contributed by atoms with van der Waals surface area (Å²) in [6.45, 7) is 3.18. The summed E-state index contributed by atoms with van der Waals surface area (Å²) in [6.07, 6.45) is 1.12. The van der Waals surface area contributed by atoms with Gasteiger partial charge in [0.15, 0.2) is 0 Å². The molecule has 0 aliphatic rings. The topological polar surface area (TPSA) is 29.5 Å². The molecule has 1 heterocycles. The van der Waals surface area contributed by atoms with Gasteiger partial charge in [0, 0.05) is 16.5 Å². The molecule has 0 saturated carbocycles. The van der Waals surface area contributed by atoms with Crippen LogP contribution in [0.15, 0.2) is 53.0 Å². The van der Waals surface area contributed by atoms with Crippen molar-refractivity contribution in [1.29, 1.82) is 0 Å². The highest BCUT2D eigenvalue weighted by Gasteiger charge is 2.13. The van der Waals surface area contributed by atoms with E-state index in [2.05, 4.69) is 70.6 Å². The molecule has 0 fully saturated rings. The fourth-order valence-corrected chi connectivity index (χ4v) is 3.71. The van der Waals surface area contributed by atoms with Crippen molar-refractivity contribution in [3.63, 3.8) is 0 Å². The Morgan fingerprint density at radius 2 is 1.90 bits per heavy atom. The molecule has 2 aromatic carbocycles. The third-order valence-corrected chi connectivity index (χ3v) is 5.24. The lowest BCUT2D eigenvalue weighted by molar-refractivity contribution is -0.711. The number of halogens is 1. The number of hydrogen-bond acceptors (Lipinski definition) is 2. The Morgan fingerprint density at radius 1 is 1.14 bits per heavy atom. The van der Waals surface area contributed by atoms with Gasteiger partial charge in [-0.15, -0.1) is 11.3 Å². The van der Waals surface area contributed by atoms with Crippen molar-refractivity contribution in [2.45, 2.75) is 25.9 Å². The normalized spacial score (nSPS) is 12.7. The van der Waals surface area contributed by atoms with Crippen LogP contribution in [0.4, 0.5) is 0 Å². The number of aromatic nitrogens is 1. The first-order chi connectivity index (χ1) is 10.3. The second kappa shape index (κ2) is 6.69. The maximum absolute atomic E-state index is 4.71. The molecule has 3 rings (SSSR count). The van der Waals surface area contributed by atoms with Gasteiger partial charge in [0.05, 0.1) is 10.2 Å². The SMILES string of the molecule is CC[C@H]([NH2+]Cc1nc2ccccc2s1)c1ccc(Br)cc1. The lowest BCUT2D eigenvalue weighted by Crippen LogP contribution is -2.83. The Labute approximate surface area is 137 Å². The van der Waals surface area contributed by atoms with Gasteiger partial charge in [-0.05, 0) is 24.3 Å². The van der Waals surface area contributed by atoms with E-state index in [-0.39, 0.29) is 0 Å². The monoisotopic (exact) mass is 361 g/mol. The first kappa shape index (κ1) is 14.7. The average molecular weight is 362 g/mol. The zero-order chi connectivity index (χ0) is 14.7. The van der Waals surface area contributed by atoms with Crippen LogP contribution in [0, 0.1) is 0 Å². The maximum atomic E-state index is 4.71. The third-order valence-electron chi connectivity index (χ3n) is 3.65. The summed E-state index contributed by atoms with van der Waals surface area (Å²) >= 11 is 5.29. The summed E-state index contributed by atoms with van der Waals surface area (Å²) < 4.78 is 2.41. The van der Waals surface area contributed by atoms with Crippen LogP contribution in [-0.2, 0) is 6.54 Å². The fourth-order valence-electron chi connectivity index (χ4n) is 2.50. The van der Waals surface area contributed by atoms with E-state index in [9.17, 15) is 0 Å². The van der Waals surface area contributed by atoms with E-state index in [1.54, 1.807) is 11.3 Å². The summed E-state index contributed by atoms with van der Waals surface area (Å²) in [5.74, 6) is 0. The minimum atomic E-state index is 0.491. The smallest absolute Gasteiger partial charge is 0.148 e. The largest absolute Gasteiger partial charge is 0.334 e. The Hall–Kier alpha value is -1.23. The maximum Gasteiger partial charge on any atom is 0.148 e. The molecule has 21 heavy (non-hydrogen) atoms. The minimum Gasteiger partial charge on any atom is -0.334 e. The van der Waals surface area contributed by atoms with Crippen LogP contribution < -0.4 is 5.32 Å². The van der Waals surface area contributed by atoms with E-state index in [1.165, 1.54) is 15.3 Å². The Bertz CT molecular complexity index is 688. The van der Waals surface area contributed by atoms with Crippen molar-refractivity contribution < 1.29 is 5.32 Å². The number of hydrogen-bond donors (Lipinski definition) is 1. The van der Waals surface area contributed by atoms with E-state index in [4.69, 9.17) is 4.98 Å². The summed E-state index contributed by atoms with van der Waals surface area (Å²) in [7, 11) is 0. The minimum absolute atomic E-state index is 0.491.